The number of halogens is 2. The van der Waals surface area contributed by atoms with Crippen LogP contribution in [0.4, 0.5) is 5.69 Å². The summed E-state index contributed by atoms with van der Waals surface area (Å²) >= 11 is 7.19. The Morgan fingerprint density at radius 2 is 1.81 bits per heavy atom. The number of nitrogens with one attached hydrogen (secondary N) is 1. The molecule has 3 heteroatoms. The highest BCUT2D eigenvalue weighted by Crippen LogP contribution is 2.32. The van der Waals surface area contributed by atoms with Crippen LogP contribution in [0.1, 0.15) is 32.3 Å². The van der Waals surface area contributed by atoms with E-state index in [0.717, 1.165) is 21.2 Å². The van der Waals surface area contributed by atoms with Gasteiger partial charge in [-0.1, -0.05) is 20.3 Å². The molecule has 1 unspecified atom stereocenters. The molecule has 1 N–H and O–H groups in total. The average molecular weight is 349 g/mol. The zero-order valence-corrected chi connectivity index (χ0v) is 13.3. The van der Waals surface area contributed by atoms with E-state index in [4.69, 9.17) is 0 Å². The molecule has 0 aromatic heterocycles. The molecule has 0 radical (unpaired) electrons. The van der Waals surface area contributed by atoms with Crippen LogP contribution < -0.4 is 5.32 Å². The van der Waals surface area contributed by atoms with Gasteiger partial charge in [-0.15, -0.1) is 0 Å². The smallest absolute Gasteiger partial charge is 0.0629 e. The number of aryl methyl sites for hydroxylation is 1. The van der Waals surface area contributed by atoms with Crippen molar-refractivity contribution in [2.45, 2.75) is 33.6 Å². The first-order chi connectivity index (χ1) is 7.54. The first-order valence-corrected chi connectivity index (χ1v) is 7.32. The van der Waals surface area contributed by atoms with Gasteiger partial charge in [-0.05, 0) is 68.8 Å². The van der Waals surface area contributed by atoms with Gasteiger partial charge in [0.15, 0.2) is 0 Å². The van der Waals surface area contributed by atoms with E-state index in [-0.39, 0.29) is 0 Å². The van der Waals surface area contributed by atoms with Crippen LogP contribution in [-0.2, 0) is 0 Å². The number of anilines is 1. The number of benzene rings is 1. The van der Waals surface area contributed by atoms with Crippen LogP contribution in [0.3, 0.4) is 0 Å². The summed E-state index contributed by atoms with van der Waals surface area (Å²) in [6.07, 6.45) is 2.52. The summed E-state index contributed by atoms with van der Waals surface area (Å²) in [5.41, 5.74) is 2.42. The third-order valence-corrected chi connectivity index (χ3v) is 3.85. The molecule has 1 nitrogen and oxygen atoms in total. The van der Waals surface area contributed by atoms with Gasteiger partial charge in [0.25, 0.3) is 0 Å². The summed E-state index contributed by atoms with van der Waals surface area (Å²) in [5.74, 6) is 0.713. The molecule has 1 rings (SSSR count). The number of hydrogen-bond donors (Lipinski definition) is 1. The van der Waals surface area contributed by atoms with Crippen molar-refractivity contribution in [3.63, 3.8) is 0 Å². The van der Waals surface area contributed by atoms with E-state index in [9.17, 15) is 0 Å². The van der Waals surface area contributed by atoms with E-state index in [1.54, 1.807) is 0 Å². The Morgan fingerprint density at radius 3 is 2.31 bits per heavy atom. The first kappa shape index (κ1) is 14.0. The fourth-order valence-corrected chi connectivity index (χ4v) is 3.44. The zero-order valence-electron chi connectivity index (χ0n) is 10.1. The lowest BCUT2D eigenvalue weighted by atomic mass is 10.1. The summed E-state index contributed by atoms with van der Waals surface area (Å²) in [6.45, 7) is 7.63. The fourth-order valence-electron chi connectivity index (χ4n) is 1.74. The molecule has 16 heavy (non-hydrogen) atoms. The highest BCUT2D eigenvalue weighted by molar-refractivity contribution is 9.11. The third-order valence-electron chi connectivity index (χ3n) is 2.60. The number of rotatable bonds is 5. The quantitative estimate of drug-likeness (QED) is 0.754. The molecular weight excluding hydrogens is 330 g/mol. The Morgan fingerprint density at radius 1 is 1.25 bits per heavy atom. The van der Waals surface area contributed by atoms with Crippen molar-refractivity contribution in [2.75, 3.05) is 11.9 Å². The maximum Gasteiger partial charge on any atom is 0.0629 e. The Labute approximate surface area is 115 Å². The van der Waals surface area contributed by atoms with E-state index in [0.29, 0.717) is 5.92 Å². The second-order valence-corrected chi connectivity index (χ2v) is 6.09. The summed E-state index contributed by atoms with van der Waals surface area (Å²) in [6, 6.07) is 4.27. The standard InChI is InChI=1S/C13H19Br2N/c1-4-5-9(2)8-16-13-11(14)6-10(3)7-12(13)15/h6-7,9,16H,4-5,8H2,1-3H3. The lowest BCUT2D eigenvalue weighted by Gasteiger charge is -2.15. The van der Waals surface area contributed by atoms with E-state index in [1.165, 1.54) is 18.4 Å². The molecule has 0 aliphatic heterocycles. The third kappa shape index (κ3) is 4.10. The molecule has 1 aromatic carbocycles. The van der Waals surface area contributed by atoms with Crippen molar-refractivity contribution in [3.05, 3.63) is 26.6 Å². The van der Waals surface area contributed by atoms with Gasteiger partial charge in [-0.3, -0.25) is 0 Å². The van der Waals surface area contributed by atoms with Gasteiger partial charge in [-0.25, -0.2) is 0 Å². The van der Waals surface area contributed by atoms with Crippen molar-refractivity contribution < 1.29 is 0 Å². The van der Waals surface area contributed by atoms with Crippen LogP contribution >= 0.6 is 31.9 Å². The van der Waals surface area contributed by atoms with Crippen molar-refractivity contribution >= 4 is 37.5 Å². The molecule has 0 saturated heterocycles. The highest BCUT2D eigenvalue weighted by atomic mass is 79.9. The van der Waals surface area contributed by atoms with Gasteiger partial charge in [0.1, 0.15) is 0 Å². The van der Waals surface area contributed by atoms with Gasteiger partial charge >= 0.3 is 0 Å². The van der Waals surface area contributed by atoms with Crippen molar-refractivity contribution in [2.24, 2.45) is 5.92 Å². The first-order valence-electron chi connectivity index (χ1n) is 5.74. The van der Waals surface area contributed by atoms with E-state index in [1.807, 2.05) is 0 Å². The molecule has 0 aliphatic carbocycles. The normalized spacial score (nSPS) is 12.6. The van der Waals surface area contributed by atoms with Crippen LogP contribution in [0, 0.1) is 12.8 Å². The molecule has 0 fully saturated rings. The molecule has 0 aliphatic rings. The topological polar surface area (TPSA) is 12.0 Å². The molecule has 0 bridgehead atoms. The van der Waals surface area contributed by atoms with Crippen molar-refractivity contribution in [3.8, 4) is 0 Å². The minimum atomic E-state index is 0.713. The lowest BCUT2D eigenvalue weighted by Crippen LogP contribution is -2.11. The monoisotopic (exact) mass is 347 g/mol. The van der Waals surface area contributed by atoms with Crippen LogP contribution in [0.25, 0.3) is 0 Å². The van der Waals surface area contributed by atoms with Crippen LogP contribution in [-0.4, -0.2) is 6.54 Å². The second kappa shape index (κ2) is 6.65. The van der Waals surface area contributed by atoms with Gasteiger partial charge in [0.2, 0.25) is 0 Å². The number of hydrogen-bond acceptors (Lipinski definition) is 1. The molecule has 1 aromatic rings. The molecular formula is C13H19Br2N. The minimum Gasteiger partial charge on any atom is -0.383 e. The lowest BCUT2D eigenvalue weighted by molar-refractivity contribution is 0.550. The van der Waals surface area contributed by atoms with Crippen molar-refractivity contribution in [1.29, 1.82) is 0 Å². The zero-order chi connectivity index (χ0) is 12.1. The molecule has 0 spiro atoms. The Kier molecular flexibility index (Phi) is 5.84. The Hall–Kier alpha value is -0.0200. The molecule has 90 valence electrons. The summed E-state index contributed by atoms with van der Waals surface area (Å²) in [7, 11) is 0. The maximum absolute atomic E-state index is 3.59. The summed E-state index contributed by atoms with van der Waals surface area (Å²) in [5, 5.41) is 3.50. The minimum absolute atomic E-state index is 0.713. The van der Waals surface area contributed by atoms with Gasteiger partial charge in [-0.2, -0.15) is 0 Å². The molecule has 0 heterocycles. The van der Waals surface area contributed by atoms with Gasteiger partial charge in [0.05, 0.1) is 5.69 Å². The fraction of sp³-hybridized carbons (Fsp3) is 0.538. The average Bonchev–Trinajstić information content (AvgIpc) is 2.16. The van der Waals surface area contributed by atoms with Gasteiger partial charge in [0, 0.05) is 15.5 Å². The van der Waals surface area contributed by atoms with E-state index in [2.05, 4.69) is 70.1 Å². The summed E-state index contributed by atoms with van der Waals surface area (Å²) in [4.78, 5) is 0. The Bertz CT molecular complexity index is 327. The van der Waals surface area contributed by atoms with Crippen LogP contribution in [0.5, 0.6) is 0 Å². The SMILES string of the molecule is CCCC(C)CNc1c(Br)cc(C)cc1Br. The molecule has 0 amide bonds. The highest BCUT2D eigenvalue weighted by Gasteiger charge is 2.07. The van der Waals surface area contributed by atoms with E-state index >= 15 is 0 Å². The predicted octanol–water partition coefficient (Wildman–Crippen LogP) is 5.37. The van der Waals surface area contributed by atoms with Crippen LogP contribution in [0.15, 0.2) is 21.1 Å². The van der Waals surface area contributed by atoms with Crippen molar-refractivity contribution in [1.82, 2.24) is 0 Å². The predicted molar refractivity (Wildman–Crippen MR) is 79.1 cm³/mol. The van der Waals surface area contributed by atoms with E-state index < -0.39 is 0 Å². The Balaban J connectivity index is 2.67. The van der Waals surface area contributed by atoms with Gasteiger partial charge < -0.3 is 5.32 Å². The molecule has 0 saturated carbocycles. The maximum atomic E-state index is 3.59. The second-order valence-electron chi connectivity index (χ2n) is 4.38. The molecule has 1 atom stereocenters. The van der Waals surface area contributed by atoms with Crippen LogP contribution in [0.2, 0.25) is 0 Å². The summed E-state index contributed by atoms with van der Waals surface area (Å²) < 4.78 is 2.26. The largest absolute Gasteiger partial charge is 0.383 e.